The van der Waals surface area contributed by atoms with E-state index in [0.717, 1.165) is 28.8 Å². The lowest BCUT2D eigenvalue weighted by Gasteiger charge is -2.20. The van der Waals surface area contributed by atoms with Gasteiger partial charge in [0.2, 0.25) is 5.95 Å². The zero-order valence-electron chi connectivity index (χ0n) is 19.3. The number of ether oxygens (including phenoxy) is 1. The molecule has 172 valence electrons. The Hall–Kier alpha value is -3.32. The second-order valence-electron chi connectivity index (χ2n) is 8.44. The van der Waals surface area contributed by atoms with Crippen molar-refractivity contribution in [2.45, 2.75) is 25.9 Å². The van der Waals surface area contributed by atoms with Gasteiger partial charge in [-0.1, -0.05) is 24.3 Å². The fourth-order valence-electron chi connectivity index (χ4n) is 4.08. The summed E-state index contributed by atoms with van der Waals surface area (Å²) in [6.45, 7) is 4.41. The van der Waals surface area contributed by atoms with Crippen LogP contribution >= 0.6 is 0 Å². The normalized spacial score (nSPS) is 15.6. The highest BCUT2D eigenvalue weighted by molar-refractivity contribution is 5.94. The molecule has 1 aromatic heterocycles. The predicted molar refractivity (Wildman–Crippen MR) is 127 cm³/mol. The Balaban J connectivity index is 1.56. The van der Waals surface area contributed by atoms with E-state index in [1.54, 1.807) is 18.3 Å². The van der Waals surface area contributed by atoms with Crippen molar-refractivity contribution in [3.63, 3.8) is 0 Å². The van der Waals surface area contributed by atoms with Gasteiger partial charge in [-0.05, 0) is 48.7 Å². The number of rotatable bonds is 7. The monoisotopic (exact) mass is 448 g/mol. The van der Waals surface area contributed by atoms with E-state index < -0.39 is 0 Å². The molecule has 0 aliphatic carbocycles. The van der Waals surface area contributed by atoms with Crippen molar-refractivity contribution in [2.75, 3.05) is 38.7 Å². The number of benzene rings is 2. The van der Waals surface area contributed by atoms with Gasteiger partial charge in [-0.3, -0.25) is 4.79 Å². The standard InChI is InChI=1S/C26H29FN4O2/c1-4-33-17-18-5-7-20(8-6-18)25(32)31-14-13-21(16-31)24-23(15-28-26(29-24)30(2)3)19-9-11-22(27)12-10-19/h5-12,15,21H,4,13-14,16-17H2,1-3H3/t21-/m1/s1. The minimum atomic E-state index is -0.281. The van der Waals surface area contributed by atoms with Crippen LogP contribution in [0.25, 0.3) is 11.1 Å². The fourth-order valence-corrected chi connectivity index (χ4v) is 4.08. The van der Waals surface area contributed by atoms with Crippen LogP contribution < -0.4 is 4.90 Å². The molecule has 1 atom stereocenters. The molecule has 0 spiro atoms. The Kier molecular flexibility index (Phi) is 6.99. The van der Waals surface area contributed by atoms with Crippen LogP contribution in [0.15, 0.2) is 54.7 Å². The van der Waals surface area contributed by atoms with Crippen molar-refractivity contribution in [1.29, 1.82) is 0 Å². The molecule has 0 saturated carbocycles. The van der Waals surface area contributed by atoms with Crippen molar-refractivity contribution in [1.82, 2.24) is 14.9 Å². The van der Waals surface area contributed by atoms with Crippen LogP contribution in [0, 0.1) is 5.82 Å². The Morgan fingerprint density at radius 3 is 2.55 bits per heavy atom. The molecule has 0 N–H and O–H groups in total. The molecule has 3 aromatic rings. The molecule has 7 heteroatoms. The number of hydrogen-bond donors (Lipinski definition) is 0. The van der Waals surface area contributed by atoms with Crippen LogP contribution in [-0.4, -0.2) is 54.6 Å². The molecule has 1 saturated heterocycles. The van der Waals surface area contributed by atoms with Crippen molar-refractivity contribution in [2.24, 2.45) is 0 Å². The summed E-state index contributed by atoms with van der Waals surface area (Å²) in [6, 6.07) is 14.0. The third-order valence-electron chi connectivity index (χ3n) is 5.90. The van der Waals surface area contributed by atoms with Gasteiger partial charge in [-0.2, -0.15) is 0 Å². The average Bonchev–Trinajstić information content (AvgIpc) is 3.33. The van der Waals surface area contributed by atoms with Crippen LogP contribution in [0.3, 0.4) is 0 Å². The number of halogens is 1. The largest absolute Gasteiger partial charge is 0.377 e. The summed E-state index contributed by atoms with van der Waals surface area (Å²) in [4.78, 5) is 26.2. The van der Waals surface area contributed by atoms with Gasteiger partial charge in [0, 0.05) is 57.0 Å². The van der Waals surface area contributed by atoms with Gasteiger partial charge >= 0.3 is 0 Å². The summed E-state index contributed by atoms with van der Waals surface area (Å²) in [5.74, 6) is 0.431. The molecule has 1 fully saturated rings. The third kappa shape index (κ3) is 5.20. The summed E-state index contributed by atoms with van der Waals surface area (Å²) < 4.78 is 18.9. The molecule has 1 aliphatic rings. The topological polar surface area (TPSA) is 58.6 Å². The zero-order valence-corrected chi connectivity index (χ0v) is 19.3. The number of carbonyl (C=O) groups is 1. The minimum Gasteiger partial charge on any atom is -0.377 e. The number of amides is 1. The van der Waals surface area contributed by atoms with Crippen molar-refractivity contribution < 1.29 is 13.9 Å². The highest BCUT2D eigenvalue weighted by Gasteiger charge is 2.31. The van der Waals surface area contributed by atoms with Gasteiger partial charge in [-0.25, -0.2) is 14.4 Å². The number of aromatic nitrogens is 2. The van der Waals surface area contributed by atoms with Gasteiger partial charge in [-0.15, -0.1) is 0 Å². The summed E-state index contributed by atoms with van der Waals surface area (Å²) >= 11 is 0. The molecule has 4 rings (SSSR count). The van der Waals surface area contributed by atoms with Crippen LogP contribution in [-0.2, 0) is 11.3 Å². The van der Waals surface area contributed by atoms with Crippen LogP contribution in [0.1, 0.15) is 40.9 Å². The number of likely N-dealkylation sites (tertiary alicyclic amines) is 1. The Labute approximate surface area is 194 Å². The zero-order chi connectivity index (χ0) is 23.4. The number of nitrogens with zero attached hydrogens (tertiary/aromatic N) is 4. The molecule has 2 aromatic carbocycles. The first-order chi connectivity index (χ1) is 16.0. The van der Waals surface area contributed by atoms with Gasteiger partial charge in [0.05, 0.1) is 12.3 Å². The first kappa shape index (κ1) is 22.9. The van der Waals surface area contributed by atoms with Gasteiger partial charge in [0.1, 0.15) is 5.82 Å². The molecule has 2 heterocycles. The molecular formula is C26H29FN4O2. The second kappa shape index (κ2) is 10.1. The molecule has 33 heavy (non-hydrogen) atoms. The first-order valence-electron chi connectivity index (χ1n) is 11.2. The van der Waals surface area contributed by atoms with E-state index in [1.165, 1.54) is 12.1 Å². The van der Waals surface area contributed by atoms with Crippen molar-refractivity contribution in [3.8, 4) is 11.1 Å². The predicted octanol–water partition coefficient (Wildman–Crippen LogP) is 4.51. The maximum absolute atomic E-state index is 13.5. The van der Waals surface area contributed by atoms with Crippen LogP contribution in [0.5, 0.6) is 0 Å². The lowest BCUT2D eigenvalue weighted by Crippen LogP contribution is -2.28. The molecule has 0 unspecified atom stereocenters. The Morgan fingerprint density at radius 2 is 1.88 bits per heavy atom. The van der Waals surface area contributed by atoms with E-state index in [4.69, 9.17) is 9.72 Å². The summed E-state index contributed by atoms with van der Waals surface area (Å²) in [5, 5.41) is 0. The number of anilines is 1. The summed E-state index contributed by atoms with van der Waals surface area (Å²) in [5.41, 5.74) is 4.36. The van der Waals surface area contributed by atoms with Crippen molar-refractivity contribution in [3.05, 3.63) is 77.4 Å². The quantitative estimate of drug-likeness (QED) is 0.532. The van der Waals surface area contributed by atoms with Gasteiger partial charge in [0.15, 0.2) is 0 Å². The average molecular weight is 449 g/mol. The molecule has 1 amide bonds. The fraction of sp³-hybridized carbons (Fsp3) is 0.346. The number of carbonyl (C=O) groups excluding carboxylic acids is 1. The highest BCUT2D eigenvalue weighted by atomic mass is 19.1. The summed E-state index contributed by atoms with van der Waals surface area (Å²) in [7, 11) is 3.80. The number of hydrogen-bond acceptors (Lipinski definition) is 5. The maximum Gasteiger partial charge on any atom is 0.253 e. The SMILES string of the molecule is CCOCc1ccc(C(=O)N2CC[C@@H](c3nc(N(C)C)ncc3-c3ccc(F)cc3)C2)cc1. The molecular weight excluding hydrogens is 419 g/mol. The molecule has 6 nitrogen and oxygen atoms in total. The van der Waals surface area contributed by atoms with E-state index in [9.17, 15) is 9.18 Å². The van der Waals surface area contributed by atoms with E-state index in [0.29, 0.717) is 37.8 Å². The first-order valence-corrected chi connectivity index (χ1v) is 11.2. The lowest BCUT2D eigenvalue weighted by molar-refractivity contribution is 0.0790. The molecule has 1 aliphatic heterocycles. The molecule has 0 radical (unpaired) electrons. The van der Waals surface area contributed by atoms with E-state index in [1.807, 2.05) is 55.1 Å². The van der Waals surface area contributed by atoms with Gasteiger partial charge in [0.25, 0.3) is 5.91 Å². The Bertz CT molecular complexity index is 1100. The van der Waals surface area contributed by atoms with E-state index in [-0.39, 0.29) is 17.6 Å². The van der Waals surface area contributed by atoms with Crippen molar-refractivity contribution >= 4 is 11.9 Å². The second-order valence-corrected chi connectivity index (χ2v) is 8.44. The van der Waals surface area contributed by atoms with E-state index in [2.05, 4.69) is 4.98 Å². The van der Waals surface area contributed by atoms with Crippen LogP contribution in [0.2, 0.25) is 0 Å². The van der Waals surface area contributed by atoms with Gasteiger partial charge < -0.3 is 14.5 Å². The smallest absolute Gasteiger partial charge is 0.253 e. The Morgan fingerprint density at radius 1 is 1.15 bits per heavy atom. The third-order valence-corrected chi connectivity index (χ3v) is 5.90. The maximum atomic E-state index is 13.5. The summed E-state index contributed by atoms with van der Waals surface area (Å²) in [6.07, 6.45) is 2.61. The van der Waals surface area contributed by atoms with Crippen LogP contribution in [0.4, 0.5) is 10.3 Å². The van der Waals surface area contributed by atoms with E-state index >= 15 is 0 Å². The molecule has 0 bridgehead atoms. The highest BCUT2D eigenvalue weighted by Crippen LogP contribution is 2.34. The minimum absolute atomic E-state index is 0.0191. The lowest BCUT2D eigenvalue weighted by atomic mass is 9.96.